The van der Waals surface area contributed by atoms with Gasteiger partial charge in [-0.15, -0.1) is 0 Å². The van der Waals surface area contributed by atoms with Crippen molar-refractivity contribution in [2.45, 2.75) is 45.6 Å². The van der Waals surface area contributed by atoms with Gasteiger partial charge in [0.25, 0.3) is 5.91 Å². The standard InChI is InChI=1S/C15H24N4O/c1-3-8-19(11-13-6-4-5-7-16-13)15(20)14-10-17-12(2)9-18-14/h9-10,13,16H,3-8,11H2,1-2H3. The summed E-state index contributed by atoms with van der Waals surface area (Å²) in [4.78, 5) is 22.8. The van der Waals surface area contributed by atoms with E-state index in [1.807, 2.05) is 11.8 Å². The molecule has 20 heavy (non-hydrogen) atoms. The SMILES string of the molecule is CCCN(CC1CCCCN1)C(=O)c1cnc(C)cn1. The summed E-state index contributed by atoms with van der Waals surface area (Å²) < 4.78 is 0. The number of carbonyl (C=O) groups is 1. The summed E-state index contributed by atoms with van der Waals surface area (Å²) in [6.07, 6.45) is 7.81. The van der Waals surface area contributed by atoms with Crippen LogP contribution in [0.5, 0.6) is 0 Å². The van der Waals surface area contributed by atoms with Gasteiger partial charge >= 0.3 is 0 Å². The topological polar surface area (TPSA) is 58.1 Å². The fraction of sp³-hybridized carbons (Fsp3) is 0.667. The Morgan fingerprint density at radius 3 is 2.85 bits per heavy atom. The molecule has 1 unspecified atom stereocenters. The van der Waals surface area contributed by atoms with Crippen LogP contribution in [0.4, 0.5) is 0 Å². The molecule has 5 heteroatoms. The highest BCUT2D eigenvalue weighted by Crippen LogP contribution is 2.11. The number of rotatable bonds is 5. The highest BCUT2D eigenvalue weighted by molar-refractivity contribution is 5.92. The first-order chi connectivity index (χ1) is 9.70. The number of carbonyl (C=O) groups excluding carboxylic acids is 1. The Morgan fingerprint density at radius 1 is 1.40 bits per heavy atom. The van der Waals surface area contributed by atoms with Crippen molar-refractivity contribution in [3.63, 3.8) is 0 Å². The number of aromatic nitrogens is 2. The summed E-state index contributed by atoms with van der Waals surface area (Å²) in [6.45, 7) is 6.56. The van der Waals surface area contributed by atoms with E-state index in [0.29, 0.717) is 11.7 Å². The molecule has 2 heterocycles. The molecular weight excluding hydrogens is 252 g/mol. The average molecular weight is 276 g/mol. The minimum atomic E-state index is -0.00766. The molecule has 1 saturated heterocycles. The highest BCUT2D eigenvalue weighted by atomic mass is 16.2. The Labute approximate surface area is 120 Å². The van der Waals surface area contributed by atoms with Crippen molar-refractivity contribution >= 4 is 5.91 Å². The molecule has 1 aromatic rings. The molecule has 1 fully saturated rings. The Balaban J connectivity index is 2.02. The van der Waals surface area contributed by atoms with Crippen molar-refractivity contribution in [2.24, 2.45) is 0 Å². The summed E-state index contributed by atoms with van der Waals surface area (Å²) in [7, 11) is 0. The van der Waals surface area contributed by atoms with Gasteiger partial charge < -0.3 is 10.2 Å². The van der Waals surface area contributed by atoms with Crippen molar-refractivity contribution in [2.75, 3.05) is 19.6 Å². The predicted octanol–water partition coefficient (Wildman–Crippen LogP) is 1.78. The summed E-state index contributed by atoms with van der Waals surface area (Å²) in [5.74, 6) is -0.00766. The van der Waals surface area contributed by atoms with Crippen LogP contribution in [0.1, 0.15) is 48.8 Å². The van der Waals surface area contributed by atoms with Crippen LogP contribution in [0.3, 0.4) is 0 Å². The molecule has 110 valence electrons. The van der Waals surface area contributed by atoms with E-state index in [2.05, 4.69) is 22.2 Å². The second-order valence-electron chi connectivity index (χ2n) is 5.44. The van der Waals surface area contributed by atoms with Crippen LogP contribution < -0.4 is 5.32 Å². The number of hydrogen-bond acceptors (Lipinski definition) is 4. The maximum absolute atomic E-state index is 12.5. The normalized spacial score (nSPS) is 18.8. The highest BCUT2D eigenvalue weighted by Gasteiger charge is 2.21. The fourth-order valence-corrected chi connectivity index (χ4v) is 2.56. The van der Waals surface area contributed by atoms with Gasteiger partial charge in [-0.3, -0.25) is 9.78 Å². The van der Waals surface area contributed by atoms with Crippen LogP contribution in [0, 0.1) is 6.92 Å². The van der Waals surface area contributed by atoms with Gasteiger partial charge in [0.05, 0.1) is 11.9 Å². The molecular formula is C15H24N4O. The first-order valence-corrected chi connectivity index (χ1v) is 7.52. The monoisotopic (exact) mass is 276 g/mol. The van der Waals surface area contributed by atoms with Crippen molar-refractivity contribution < 1.29 is 4.79 Å². The van der Waals surface area contributed by atoms with Gasteiger partial charge in [0.1, 0.15) is 5.69 Å². The lowest BCUT2D eigenvalue weighted by Gasteiger charge is -2.30. The summed E-state index contributed by atoms with van der Waals surface area (Å²) in [5.41, 5.74) is 1.28. The van der Waals surface area contributed by atoms with Crippen LogP contribution in [-0.4, -0.2) is 46.5 Å². The van der Waals surface area contributed by atoms with Crippen LogP contribution in [0.25, 0.3) is 0 Å². The molecule has 5 nitrogen and oxygen atoms in total. The summed E-state index contributed by atoms with van der Waals surface area (Å²) in [5, 5.41) is 3.49. The van der Waals surface area contributed by atoms with E-state index in [0.717, 1.165) is 38.2 Å². The van der Waals surface area contributed by atoms with Crippen molar-refractivity contribution in [1.82, 2.24) is 20.2 Å². The number of aryl methyl sites for hydroxylation is 1. The quantitative estimate of drug-likeness (QED) is 0.890. The molecule has 0 spiro atoms. The third-order valence-corrected chi connectivity index (χ3v) is 3.63. The van der Waals surface area contributed by atoms with Gasteiger partial charge in [0.2, 0.25) is 0 Å². The van der Waals surface area contributed by atoms with Gasteiger partial charge in [0, 0.05) is 25.3 Å². The fourth-order valence-electron chi connectivity index (χ4n) is 2.56. The van der Waals surface area contributed by atoms with E-state index in [1.54, 1.807) is 12.4 Å². The third kappa shape index (κ3) is 4.00. The van der Waals surface area contributed by atoms with Gasteiger partial charge in [-0.05, 0) is 32.7 Å². The van der Waals surface area contributed by atoms with Crippen molar-refractivity contribution in [1.29, 1.82) is 0 Å². The Morgan fingerprint density at radius 2 is 2.25 bits per heavy atom. The first-order valence-electron chi connectivity index (χ1n) is 7.52. The molecule has 1 N–H and O–H groups in total. The molecule has 1 aliphatic rings. The number of hydrogen-bond donors (Lipinski definition) is 1. The molecule has 0 radical (unpaired) electrons. The maximum Gasteiger partial charge on any atom is 0.274 e. The number of nitrogens with one attached hydrogen (secondary N) is 1. The number of amides is 1. The van der Waals surface area contributed by atoms with Gasteiger partial charge in [-0.2, -0.15) is 0 Å². The van der Waals surface area contributed by atoms with Crippen molar-refractivity contribution in [3.8, 4) is 0 Å². The van der Waals surface area contributed by atoms with E-state index >= 15 is 0 Å². The molecule has 1 aromatic heterocycles. The number of piperidine rings is 1. The average Bonchev–Trinajstić information content (AvgIpc) is 2.48. The molecule has 1 atom stereocenters. The molecule has 0 saturated carbocycles. The summed E-state index contributed by atoms with van der Waals surface area (Å²) >= 11 is 0. The minimum absolute atomic E-state index is 0.00766. The molecule has 2 rings (SSSR count). The zero-order valence-electron chi connectivity index (χ0n) is 12.4. The van der Waals surface area contributed by atoms with E-state index in [9.17, 15) is 4.79 Å². The lowest BCUT2D eigenvalue weighted by Crippen LogP contribution is -2.46. The lowest BCUT2D eigenvalue weighted by atomic mass is 10.0. The Hall–Kier alpha value is -1.49. The molecule has 1 aliphatic heterocycles. The second kappa shape index (κ2) is 7.33. The molecule has 0 bridgehead atoms. The zero-order chi connectivity index (χ0) is 14.4. The zero-order valence-corrected chi connectivity index (χ0v) is 12.4. The van der Waals surface area contributed by atoms with Gasteiger partial charge in [0.15, 0.2) is 0 Å². The molecule has 1 amide bonds. The summed E-state index contributed by atoms with van der Waals surface area (Å²) in [6, 6.07) is 0.414. The molecule has 0 aliphatic carbocycles. The predicted molar refractivity (Wildman–Crippen MR) is 78.6 cm³/mol. The van der Waals surface area contributed by atoms with E-state index in [1.165, 1.54) is 12.8 Å². The lowest BCUT2D eigenvalue weighted by molar-refractivity contribution is 0.0725. The maximum atomic E-state index is 12.5. The first kappa shape index (κ1) is 14.9. The van der Waals surface area contributed by atoms with Crippen LogP contribution in [0.2, 0.25) is 0 Å². The minimum Gasteiger partial charge on any atom is -0.336 e. The number of nitrogens with zero attached hydrogens (tertiary/aromatic N) is 3. The third-order valence-electron chi connectivity index (χ3n) is 3.63. The van der Waals surface area contributed by atoms with Gasteiger partial charge in [-0.25, -0.2) is 4.98 Å². The Kier molecular flexibility index (Phi) is 5.47. The largest absolute Gasteiger partial charge is 0.336 e. The van der Waals surface area contributed by atoms with E-state index < -0.39 is 0 Å². The van der Waals surface area contributed by atoms with Crippen molar-refractivity contribution in [3.05, 3.63) is 23.8 Å². The van der Waals surface area contributed by atoms with E-state index in [-0.39, 0.29) is 5.91 Å². The second-order valence-corrected chi connectivity index (χ2v) is 5.44. The van der Waals surface area contributed by atoms with E-state index in [4.69, 9.17) is 0 Å². The smallest absolute Gasteiger partial charge is 0.274 e. The molecule has 0 aromatic carbocycles. The van der Waals surface area contributed by atoms with Gasteiger partial charge in [-0.1, -0.05) is 13.3 Å². The van der Waals surface area contributed by atoms with Crippen LogP contribution in [-0.2, 0) is 0 Å². The Bertz CT molecular complexity index is 426. The van der Waals surface area contributed by atoms with Crippen LogP contribution in [0.15, 0.2) is 12.4 Å². The van der Waals surface area contributed by atoms with Crippen LogP contribution >= 0.6 is 0 Å².